The molecule has 2 fully saturated rings. The standard InChI is InChI=1S/C32H35N3O4S/c1-22-18-26(35-13-3-17-40(35,37)38)8-9-27(22)23-4-6-24(7-5-23)31(36)34-14-10-25-19-30-28(20-29(25)34)32(21-39-30)11-15-33(2)16-12-32/h4-9,18-20H,3,10-17,21H2,1-2H3. The zero-order chi connectivity index (χ0) is 27.6. The molecule has 40 heavy (non-hydrogen) atoms. The van der Waals surface area contributed by atoms with Gasteiger partial charge in [-0.15, -0.1) is 0 Å². The number of likely N-dealkylation sites (tertiary alicyclic amines) is 1. The van der Waals surface area contributed by atoms with E-state index in [0.29, 0.717) is 25.1 Å². The summed E-state index contributed by atoms with van der Waals surface area (Å²) in [7, 11) is -1.03. The first kappa shape index (κ1) is 25.6. The summed E-state index contributed by atoms with van der Waals surface area (Å²) >= 11 is 0. The smallest absolute Gasteiger partial charge is 0.258 e. The molecular formula is C32H35N3O4S. The van der Waals surface area contributed by atoms with Crippen molar-refractivity contribution in [3.8, 4) is 16.9 Å². The summed E-state index contributed by atoms with van der Waals surface area (Å²) in [5.74, 6) is 1.23. The van der Waals surface area contributed by atoms with Gasteiger partial charge in [0.15, 0.2) is 0 Å². The number of hydrogen-bond acceptors (Lipinski definition) is 5. The monoisotopic (exact) mass is 557 g/mol. The minimum atomic E-state index is -3.21. The third kappa shape index (κ3) is 4.11. The maximum Gasteiger partial charge on any atom is 0.258 e. The summed E-state index contributed by atoms with van der Waals surface area (Å²) in [5.41, 5.74) is 7.97. The van der Waals surface area contributed by atoms with Crippen LogP contribution in [0.15, 0.2) is 54.6 Å². The van der Waals surface area contributed by atoms with Crippen molar-refractivity contribution in [2.45, 2.75) is 38.0 Å². The molecule has 1 amide bonds. The van der Waals surface area contributed by atoms with Crippen LogP contribution in [0.5, 0.6) is 5.75 Å². The lowest BCUT2D eigenvalue weighted by atomic mass is 9.74. The van der Waals surface area contributed by atoms with E-state index in [0.717, 1.165) is 72.8 Å². The first-order valence-corrected chi connectivity index (χ1v) is 15.9. The summed E-state index contributed by atoms with van der Waals surface area (Å²) < 4.78 is 32.4. The molecular weight excluding hydrogens is 522 g/mol. The van der Waals surface area contributed by atoms with Crippen LogP contribution in [0.1, 0.15) is 46.3 Å². The molecule has 1 spiro atoms. The molecule has 7 nitrogen and oxygen atoms in total. The molecule has 0 unspecified atom stereocenters. The van der Waals surface area contributed by atoms with Gasteiger partial charge in [0.1, 0.15) is 5.75 Å². The number of benzene rings is 3. The third-order valence-corrected chi connectivity index (χ3v) is 11.3. The third-order valence-electron chi connectivity index (χ3n) is 9.38. The number of ether oxygens (including phenoxy) is 1. The van der Waals surface area contributed by atoms with E-state index in [1.165, 1.54) is 15.4 Å². The second-order valence-electron chi connectivity index (χ2n) is 11.9. The average molecular weight is 558 g/mol. The number of anilines is 2. The van der Waals surface area contributed by atoms with Gasteiger partial charge in [0, 0.05) is 35.3 Å². The number of piperidine rings is 1. The predicted molar refractivity (Wildman–Crippen MR) is 158 cm³/mol. The topological polar surface area (TPSA) is 70.2 Å². The zero-order valence-electron chi connectivity index (χ0n) is 23.2. The predicted octanol–water partition coefficient (Wildman–Crippen LogP) is 4.76. The van der Waals surface area contributed by atoms with Crippen LogP contribution in [-0.4, -0.2) is 64.8 Å². The molecule has 2 saturated heterocycles. The minimum Gasteiger partial charge on any atom is -0.492 e. The zero-order valence-corrected chi connectivity index (χ0v) is 24.0. The van der Waals surface area contributed by atoms with Crippen LogP contribution >= 0.6 is 0 Å². The molecule has 7 rings (SSSR count). The van der Waals surface area contributed by atoms with Crippen molar-refractivity contribution in [2.24, 2.45) is 0 Å². The number of hydrogen-bond donors (Lipinski definition) is 0. The fourth-order valence-corrected chi connectivity index (χ4v) is 8.47. The highest BCUT2D eigenvalue weighted by Gasteiger charge is 2.44. The van der Waals surface area contributed by atoms with Crippen molar-refractivity contribution in [1.29, 1.82) is 0 Å². The Bertz CT molecular complexity index is 1610. The second kappa shape index (κ2) is 9.35. The Morgan fingerprint density at radius 3 is 2.42 bits per heavy atom. The Balaban J connectivity index is 1.13. The van der Waals surface area contributed by atoms with Gasteiger partial charge in [-0.1, -0.05) is 18.2 Å². The number of fused-ring (bicyclic) bond motifs is 3. The lowest BCUT2D eigenvalue weighted by Crippen LogP contribution is -2.42. The summed E-state index contributed by atoms with van der Waals surface area (Å²) in [6.07, 6.45) is 3.66. The van der Waals surface area contributed by atoms with Gasteiger partial charge in [-0.05, 0) is 111 Å². The minimum absolute atomic E-state index is 0.0212. The molecule has 0 bridgehead atoms. The molecule has 3 aromatic rings. The van der Waals surface area contributed by atoms with E-state index in [-0.39, 0.29) is 17.1 Å². The van der Waals surface area contributed by atoms with Crippen LogP contribution in [0.25, 0.3) is 11.1 Å². The van der Waals surface area contributed by atoms with Crippen molar-refractivity contribution in [3.05, 3.63) is 76.9 Å². The fraction of sp³-hybridized carbons (Fsp3) is 0.406. The molecule has 208 valence electrons. The van der Waals surface area contributed by atoms with Crippen LogP contribution in [0.2, 0.25) is 0 Å². The summed E-state index contributed by atoms with van der Waals surface area (Å²) in [6.45, 7) is 6.08. The van der Waals surface area contributed by atoms with E-state index in [4.69, 9.17) is 4.74 Å². The quantitative estimate of drug-likeness (QED) is 0.465. The number of carbonyl (C=O) groups is 1. The highest BCUT2D eigenvalue weighted by molar-refractivity contribution is 7.93. The molecule has 8 heteroatoms. The van der Waals surface area contributed by atoms with Gasteiger partial charge in [0.2, 0.25) is 10.0 Å². The van der Waals surface area contributed by atoms with Crippen LogP contribution in [0, 0.1) is 6.92 Å². The number of aryl methyl sites for hydroxylation is 1. The molecule has 0 aromatic heterocycles. The fourth-order valence-electron chi connectivity index (χ4n) is 6.92. The molecule has 0 aliphatic carbocycles. The normalized spacial score (nSPS) is 20.9. The van der Waals surface area contributed by atoms with Gasteiger partial charge >= 0.3 is 0 Å². The van der Waals surface area contributed by atoms with E-state index >= 15 is 0 Å². The second-order valence-corrected chi connectivity index (χ2v) is 13.9. The maximum absolute atomic E-state index is 13.7. The van der Waals surface area contributed by atoms with E-state index in [1.54, 1.807) is 0 Å². The van der Waals surface area contributed by atoms with Crippen LogP contribution < -0.4 is 13.9 Å². The van der Waals surface area contributed by atoms with Crippen molar-refractivity contribution >= 4 is 27.3 Å². The van der Waals surface area contributed by atoms with Crippen LogP contribution in [0.3, 0.4) is 0 Å². The molecule has 0 atom stereocenters. The van der Waals surface area contributed by atoms with E-state index in [2.05, 4.69) is 24.1 Å². The highest BCUT2D eigenvalue weighted by atomic mass is 32.2. The molecule has 3 aromatic carbocycles. The summed E-state index contributed by atoms with van der Waals surface area (Å²) in [5, 5.41) is 0. The first-order valence-electron chi connectivity index (χ1n) is 14.3. The Hall–Kier alpha value is -3.36. The highest BCUT2D eigenvalue weighted by Crippen LogP contribution is 2.49. The van der Waals surface area contributed by atoms with Crippen LogP contribution in [-0.2, 0) is 21.9 Å². The number of nitrogens with zero attached hydrogens (tertiary/aromatic N) is 3. The molecule has 0 saturated carbocycles. The summed E-state index contributed by atoms with van der Waals surface area (Å²) in [4.78, 5) is 18.0. The summed E-state index contributed by atoms with van der Waals surface area (Å²) in [6, 6.07) is 18.0. The number of amides is 1. The van der Waals surface area contributed by atoms with Gasteiger partial charge in [-0.25, -0.2) is 8.42 Å². The first-order chi connectivity index (χ1) is 19.2. The molecule has 4 aliphatic heterocycles. The van der Waals surface area contributed by atoms with E-state index < -0.39 is 10.0 Å². The van der Waals surface area contributed by atoms with E-state index in [9.17, 15) is 13.2 Å². The Labute approximate surface area is 236 Å². The van der Waals surface area contributed by atoms with Crippen molar-refractivity contribution in [2.75, 3.05) is 54.8 Å². The lowest BCUT2D eigenvalue weighted by Gasteiger charge is -2.37. The molecule has 0 N–H and O–H groups in total. The largest absolute Gasteiger partial charge is 0.492 e. The number of rotatable bonds is 3. The Morgan fingerprint density at radius 2 is 1.73 bits per heavy atom. The average Bonchev–Trinajstić information content (AvgIpc) is 3.63. The van der Waals surface area contributed by atoms with Crippen molar-refractivity contribution in [3.63, 3.8) is 0 Å². The SMILES string of the molecule is Cc1cc(N2CCCS2(=O)=O)ccc1-c1ccc(C(=O)N2CCc3cc4c(cc32)C2(CCN(C)CC2)CO4)cc1. The van der Waals surface area contributed by atoms with Gasteiger partial charge in [-0.3, -0.25) is 9.10 Å². The van der Waals surface area contributed by atoms with Gasteiger partial charge in [-0.2, -0.15) is 0 Å². The molecule has 0 radical (unpaired) electrons. The van der Waals surface area contributed by atoms with Crippen molar-refractivity contribution in [1.82, 2.24) is 4.90 Å². The molecule has 4 aliphatic rings. The number of carbonyl (C=O) groups excluding carboxylic acids is 1. The van der Waals surface area contributed by atoms with Crippen LogP contribution in [0.4, 0.5) is 11.4 Å². The maximum atomic E-state index is 13.7. The van der Waals surface area contributed by atoms with Gasteiger partial charge in [0.25, 0.3) is 5.91 Å². The van der Waals surface area contributed by atoms with Gasteiger partial charge < -0.3 is 14.5 Å². The van der Waals surface area contributed by atoms with E-state index in [1.807, 2.05) is 54.3 Å². The molecule has 4 heterocycles. The van der Waals surface area contributed by atoms with Crippen molar-refractivity contribution < 1.29 is 17.9 Å². The lowest BCUT2D eigenvalue weighted by molar-refractivity contribution is 0.0989. The number of sulfonamides is 1. The van der Waals surface area contributed by atoms with Gasteiger partial charge in [0.05, 0.1) is 18.0 Å². The Kier molecular flexibility index (Phi) is 5.98. The Morgan fingerprint density at radius 1 is 0.950 bits per heavy atom.